The van der Waals surface area contributed by atoms with Crippen LogP contribution in [-0.4, -0.2) is 0 Å². The second-order valence-corrected chi connectivity index (χ2v) is 3.83. The van der Waals surface area contributed by atoms with Crippen molar-refractivity contribution in [3.8, 4) is 0 Å². The maximum atomic E-state index is 5.91. The molecule has 0 saturated heterocycles. The fourth-order valence-electron chi connectivity index (χ4n) is 1.38. The van der Waals surface area contributed by atoms with Crippen molar-refractivity contribution < 1.29 is 4.42 Å². The minimum atomic E-state index is 0.675. The molecule has 0 aliphatic rings. The van der Waals surface area contributed by atoms with Gasteiger partial charge in [0.1, 0.15) is 5.76 Å². The van der Waals surface area contributed by atoms with E-state index >= 15 is 0 Å². The van der Waals surface area contributed by atoms with Gasteiger partial charge in [0, 0.05) is 10.7 Å². The molecule has 0 aliphatic heterocycles. The molecule has 0 spiro atoms. The van der Waals surface area contributed by atoms with Gasteiger partial charge in [-0.2, -0.15) is 0 Å². The van der Waals surface area contributed by atoms with Crippen molar-refractivity contribution in [2.24, 2.45) is 0 Å². The molecule has 3 heteroatoms. The first-order valence-electron chi connectivity index (χ1n) is 4.78. The SMILES string of the molecule is Cc1ccc(Cl)cc1NCc1ccco1. The van der Waals surface area contributed by atoms with Gasteiger partial charge in [-0.25, -0.2) is 0 Å². The Morgan fingerprint density at radius 2 is 2.20 bits per heavy atom. The number of halogens is 1. The molecule has 0 fully saturated rings. The monoisotopic (exact) mass is 221 g/mol. The summed E-state index contributed by atoms with van der Waals surface area (Å²) >= 11 is 5.91. The summed E-state index contributed by atoms with van der Waals surface area (Å²) in [5.41, 5.74) is 2.21. The highest BCUT2D eigenvalue weighted by atomic mass is 35.5. The number of nitrogens with one attached hydrogen (secondary N) is 1. The van der Waals surface area contributed by atoms with Crippen LogP contribution in [0.15, 0.2) is 41.0 Å². The van der Waals surface area contributed by atoms with Gasteiger partial charge in [-0.15, -0.1) is 0 Å². The maximum absolute atomic E-state index is 5.91. The molecule has 1 aromatic carbocycles. The topological polar surface area (TPSA) is 25.2 Å². The highest BCUT2D eigenvalue weighted by molar-refractivity contribution is 6.30. The lowest BCUT2D eigenvalue weighted by atomic mass is 10.2. The minimum Gasteiger partial charge on any atom is -0.467 e. The molecule has 0 unspecified atom stereocenters. The first kappa shape index (κ1) is 10.1. The maximum Gasteiger partial charge on any atom is 0.122 e. The Hall–Kier alpha value is -1.41. The molecule has 0 bridgehead atoms. The van der Waals surface area contributed by atoms with E-state index < -0.39 is 0 Å². The van der Waals surface area contributed by atoms with Crippen molar-refractivity contribution in [2.75, 3.05) is 5.32 Å². The first-order valence-corrected chi connectivity index (χ1v) is 5.16. The molecule has 2 rings (SSSR count). The summed E-state index contributed by atoms with van der Waals surface area (Å²) in [6.07, 6.45) is 1.67. The average Bonchev–Trinajstić information content (AvgIpc) is 2.72. The summed E-state index contributed by atoms with van der Waals surface area (Å²) in [5.74, 6) is 0.911. The largest absolute Gasteiger partial charge is 0.467 e. The average molecular weight is 222 g/mol. The van der Waals surface area contributed by atoms with Crippen LogP contribution in [0.5, 0.6) is 0 Å². The van der Waals surface area contributed by atoms with E-state index in [0.29, 0.717) is 6.54 Å². The number of rotatable bonds is 3. The zero-order valence-electron chi connectivity index (χ0n) is 8.46. The van der Waals surface area contributed by atoms with Gasteiger partial charge in [-0.1, -0.05) is 17.7 Å². The van der Waals surface area contributed by atoms with Gasteiger partial charge in [0.25, 0.3) is 0 Å². The summed E-state index contributed by atoms with van der Waals surface area (Å²) in [6, 6.07) is 9.61. The normalized spacial score (nSPS) is 10.3. The quantitative estimate of drug-likeness (QED) is 0.852. The Bertz CT molecular complexity index is 437. The number of hydrogen-bond donors (Lipinski definition) is 1. The third-order valence-electron chi connectivity index (χ3n) is 2.23. The van der Waals surface area contributed by atoms with E-state index in [2.05, 4.69) is 5.32 Å². The lowest BCUT2D eigenvalue weighted by Gasteiger charge is -2.08. The molecule has 1 aromatic heterocycles. The van der Waals surface area contributed by atoms with Crippen LogP contribution in [0.25, 0.3) is 0 Å². The molecule has 0 saturated carbocycles. The van der Waals surface area contributed by atoms with E-state index in [0.717, 1.165) is 16.5 Å². The van der Waals surface area contributed by atoms with E-state index in [-0.39, 0.29) is 0 Å². The molecular formula is C12H12ClNO. The van der Waals surface area contributed by atoms with Crippen molar-refractivity contribution in [2.45, 2.75) is 13.5 Å². The first-order chi connectivity index (χ1) is 7.25. The number of hydrogen-bond acceptors (Lipinski definition) is 2. The van der Waals surface area contributed by atoms with Gasteiger partial charge in [-0.3, -0.25) is 0 Å². The van der Waals surface area contributed by atoms with Crippen LogP contribution in [0, 0.1) is 6.92 Å². The highest BCUT2D eigenvalue weighted by Gasteiger charge is 2.00. The van der Waals surface area contributed by atoms with E-state index in [9.17, 15) is 0 Å². The summed E-state index contributed by atoms with van der Waals surface area (Å²) in [6.45, 7) is 2.72. The molecule has 15 heavy (non-hydrogen) atoms. The molecular weight excluding hydrogens is 210 g/mol. The van der Waals surface area contributed by atoms with Crippen molar-refractivity contribution in [1.82, 2.24) is 0 Å². The molecule has 0 radical (unpaired) electrons. The third-order valence-corrected chi connectivity index (χ3v) is 2.47. The number of aryl methyl sites for hydroxylation is 1. The van der Waals surface area contributed by atoms with Crippen molar-refractivity contribution >= 4 is 17.3 Å². The number of anilines is 1. The third kappa shape index (κ3) is 2.54. The van der Waals surface area contributed by atoms with Crippen LogP contribution in [0.2, 0.25) is 5.02 Å². The van der Waals surface area contributed by atoms with Crippen LogP contribution >= 0.6 is 11.6 Å². The Balaban J connectivity index is 2.07. The standard InChI is InChI=1S/C12H12ClNO/c1-9-4-5-10(13)7-12(9)14-8-11-3-2-6-15-11/h2-7,14H,8H2,1H3. The van der Waals surface area contributed by atoms with E-state index in [1.165, 1.54) is 5.56 Å². The zero-order chi connectivity index (χ0) is 10.7. The van der Waals surface area contributed by atoms with Gasteiger partial charge < -0.3 is 9.73 Å². The number of furan rings is 1. The molecule has 0 aliphatic carbocycles. The van der Waals surface area contributed by atoms with E-state index in [4.69, 9.17) is 16.0 Å². The van der Waals surface area contributed by atoms with Gasteiger partial charge in [-0.05, 0) is 36.8 Å². The van der Waals surface area contributed by atoms with E-state index in [1.807, 2.05) is 37.3 Å². The molecule has 2 nitrogen and oxygen atoms in total. The fraction of sp³-hybridized carbons (Fsp3) is 0.167. The van der Waals surface area contributed by atoms with Crippen LogP contribution in [0.3, 0.4) is 0 Å². The molecule has 0 atom stereocenters. The van der Waals surface area contributed by atoms with Crippen LogP contribution < -0.4 is 5.32 Å². The summed E-state index contributed by atoms with van der Waals surface area (Å²) in [4.78, 5) is 0. The molecule has 2 aromatic rings. The van der Waals surface area contributed by atoms with Gasteiger partial charge in [0.2, 0.25) is 0 Å². The molecule has 1 N–H and O–H groups in total. The predicted octanol–water partition coefficient (Wildman–Crippen LogP) is 3.85. The van der Waals surface area contributed by atoms with Gasteiger partial charge >= 0.3 is 0 Å². The Morgan fingerprint density at radius 3 is 2.93 bits per heavy atom. The van der Waals surface area contributed by atoms with Crippen LogP contribution in [-0.2, 0) is 6.54 Å². The van der Waals surface area contributed by atoms with Crippen LogP contribution in [0.1, 0.15) is 11.3 Å². The van der Waals surface area contributed by atoms with E-state index in [1.54, 1.807) is 6.26 Å². The summed E-state index contributed by atoms with van der Waals surface area (Å²) in [7, 11) is 0. The second-order valence-electron chi connectivity index (χ2n) is 3.39. The van der Waals surface area contributed by atoms with Crippen LogP contribution in [0.4, 0.5) is 5.69 Å². The van der Waals surface area contributed by atoms with Crippen molar-refractivity contribution in [1.29, 1.82) is 0 Å². The lowest BCUT2D eigenvalue weighted by molar-refractivity contribution is 0.518. The highest BCUT2D eigenvalue weighted by Crippen LogP contribution is 2.20. The smallest absolute Gasteiger partial charge is 0.122 e. The summed E-state index contributed by atoms with van der Waals surface area (Å²) in [5, 5.41) is 4.02. The minimum absolute atomic E-state index is 0.675. The number of benzene rings is 1. The molecule has 1 heterocycles. The zero-order valence-corrected chi connectivity index (χ0v) is 9.21. The van der Waals surface area contributed by atoms with Gasteiger partial charge in [0.05, 0.1) is 12.8 Å². The van der Waals surface area contributed by atoms with Crippen molar-refractivity contribution in [3.05, 3.63) is 52.9 Å². The summed E-state index contributed by atoms with van der Waals surface area (Å²) < 4.78 is 5.23. The molecule has 78 valence electrons. The van der Waals surface area contributed by atoms with Gasteiger partial charge in [0.15, 0.2) is 0 Å². The van der Waals surface area contributed by atoms with Crippen molar-refractivity contribution in [3.63, 3.8) is 0 Å². The Labute approximate surface area is 93.9 Å². The second kappa shape index (κ2) is 4.41. The predicted molar refractivity (Wildman–Crippen MR) is 62.2 cm³/mol. The Kier molecular flexibility index (Phi) is 2.97. The fourth-order valence-corrected chi connectivity index (χ4v) is 1.55. The molecule has 0 amide bonds. The Morgan fingerprint density at radius 1 is 1.33 bits per heavy atom. The lowest BCUT2D eigenvalue weighted by Crippen LogP contribution is -1.99.